The molecular formula is C21H19N3O3. The Morgan fingerprint density at radius 2 is 1.78 bits per heavy atom. The Labute approximate surface area is 156 Å². The van der Waals surface area contributed by atoms with Crippen LogP contribution in [0.25, 0.3) is 10.8 Å². The van der Waals surface area contributed by atoms with Gasteiger partial charge < -0.3 is 14.8 Å². The van der Waals surface area contributed by atoms with Gasteiger partial charge in [-0.25, -0.2) is 0 Å². The highest BCUT2D eigenvalue weighted by Gasteiger charge is 2.37. The van der Waals surface area contributed by atoms with Gasteiger partial charge in [0.25, 0.3) is 11.5 Å². The van der Waals surface area contributed by atoms with Gasteiger partial charge in [0.15, 0.2) is 0 Å². The number of likely N-dealkylation sites (N-methyl/N-ethyl adjacent to an activating group) is 1. The summed E-state index contributed by atoms with van der Waals surface area (Å²) in [5.74, 6) is -0.480. The molecule has 1 saturated heterocycles. The molecule has 2 amide bonds. The molecule has 6 heteroatoms. The number of fused-ring (bicyclic) bond motifs is 1. The molecule has 2 aromatic carbocycles. The molecule has 0 aliphatic carbocycles. The molecule has 6 nitrogen and oxygen atoms in total. The highest BCUT2D eigenvalue weighted by Crippen LogP contribution is 2.24. The van der Waals surface area contributed by atoms with Gasteiger partial charge in [0.2, 0.25) is 5.91 Å². The highest BCUT2D eigenvalue weighted by atomic mass is 16.2. The maximum atomic E-state index is 12.9. The minimum atomic E-state index is -0.548. The zero-order chi connectivity index (χ0) is 19.0. The van der Waals surface area contributed by atoms with Crippen LogP contribution in [-0.4, -0.2) is 41.3 Å². The van der Waals surface area contributed by atoms with Crippen molar-refractivity contribution in [2.75, 3.05) is 18.5 Å². The lowest BCUT2D eigenvalue weighted by Gasteiger charge is -2.24. The fourth-order valence-corrected chi connectivity index (χ4v) is 3.55. The fraction of sp³-hybridized carbons (Fsp3) is 0.190. The van der Waals surface area contributed by atoms with Gasteiger partial charge >= 0.3 is 0 Å². The lowest BCUT2D eigenvalue weighted by atomic mass is 10.1. The van der Waals surface area contributed by atoms with E-state index in [1.54, 1.807) is 36.2 Å². The van der Waals surface area contributed by atoms with E-state index >= 15 is 0 Å². The number of nitrogens with zero attached hydrogens (tertiary/aromatic N) is 2. The number of hydrogen-bond donors (Lipinski definition) is 1. The van der Waals surface area contributed by atoms with E-state index in [2.05, 4.69) is 4.98 Å². The van der Waals surface area contributed by atoms with Crippen molar-refractivity contribution >= 4 is 28.3 Å². The third kappa shape index (κ3) is 2.99. The number of aromatic amines is 1. The van der Waals surface area contributed by atoms with Crippen LogP contribution in [0.2, 0.25) is 0 Å². The molecule has 4 rings (SSSR count). The standard InChI is InChI=1S/C21H19N3O3/c1-23(18-11-12-24(21(18)27)15-8-3-2-4-9-15)20(26)17-13-14-7-5-6-10-16(14)19(25)22-17/h2-10,13,18H,11-12H2,1H3,(H,22,25). The summed E-state index contributed by atoms with van der Waals surface area (Å²) in [6.07, 6.45) is 0.549. The molecule has 1 atom stereocenters. The Balaban J connectivity index is 1.60. The van der Waals surface area contributed by atoms with E-state index in [1.165, 1.54) is 4.90 Å². The number of nitrogens with one attached hydrogen (secondary N) is 1. The SMILES string of the molecule is CN(C(=O)c1cc2ccccc2c(=O)[nH]1)C1CCN(c2ccccc2)C1=O. The van der Waals surface area contributed by atoms with Gasteiger partial charge in [0.1, 0.15) is 11.7 Å². The van der Waals surface area contributed by atoms with Crippen LogP contribution in [0.15, 0.2) is 65.5 Å². The number of pyridine rings is 1. The second-order valence-electron chi connectivity index (χ2n) is 6.65. The lowest BCUT2D eigenvalue weighted by Crippen LogP contribution is -2.43. The van der Waals surface area contributed by atoms with E-state index in [9.17, 15) is 14.4 Å². The molecule has 0 bridgehead atoms. The topological polar surface area (TPSA) is 73.5 Å². The van der Waals surface area contributed by atoms with Crippen molar-refractivity contribution in [2.45, 2.75) is 12.5 Å². The Hall–Kier alpha value is -3.41. The summed E-state index contributed by atoms with van der Waals surface area (Å²) >= 11 is 0. The number of amides is 2. The smallest absolute Gasteiger partial charge is 0.270 e. The van der Waals surface area contributed by atoms with Crippen LogP contribution in [0.5, 0.6) is 0 Å². The first-order chi connectivity index (χ1) is 13.1. The molecule has 0 radical (unpaired) electrons. The first-order valence-electron chi connectivity index (χ1n) is 8.82. The number of hydrogen-bond acceptors (Lipinski definition) is 3. The van der Waals surface area contributed by atoms with E-state index in [1.807, 2.05) is 36.4 Å². The quantitative estimate of drug-likeness (QED) is 0.779. The number of carbonyl (C=O) groups is 2. The zero-order valence-electron chi connectivity index (χ0n) is 14.9. The molecule has 1 fully saturated rings. The lowest BCUT2D eigenvalue weighted by molar-refractivity contribution is -0.120. The van der Waals surface area contributed by atoms with Gasteiger partial charge in [0, 0.05) is 24.7 Å². The average molecular weight is 361 g/mol. The van der Waals surface area contributed by atoms with Crippen LogP contribution in [0.4, 0.5) is 5.69 Å². The van der Waals surface area contributed by atoms with Crippen LogP contribution in [0.3, 0.4) is 0 Å². The predicted molar refractivity (Wildman–Crippen MR) is 104 cm³/mol. The van der Waals surface area contributed by atoms with E-state index < -0.39 is 6.04 Å². The highest BCUT2D eigenvalue weighted by molar-refractivity contribution is 6.04. The number of para-hydroxylation sites is 1. The second-order valence-corrected chi connectivity index (χ2v) is 6.65. The molecule has 1 unspecified atom stereocenters. The van der Waals surface area contributed by atoms with Crippen molar-refractivity contribution in [3.63, 3.8) is 0 Å². The molecule has 1 aromatic heterocycles. The van der Waals surface area contributed by atoms with Gasteiger partial charge in [-0.15, -0.1) is 0 Å². The molecule has 2 heterocycles. The Kier molecular flexibility index (Phi) is 4.24. The monoisotopic (exact) mass is 361 g/mol. The number of anilines is 1. The van der Waals surface area contributed by atoms with Gasteiger partial charge in [-0.05, 0) is 36.1 Å². The normalized spacial score (nSPS) is 16.7. The van der Waals surface area contributed by atoms with Crippen molar-refractivity contribution in [3.05, 3.63) is 76.7 Å². The van der Waals surface area contributed by atoms with E-state index in [0.29, 0.717) is 23.7 Å². The molecule has 3 aromatic rings. The van der Waals surface area contributed by atoms with Crippen LogP contribution in [0.1, 0.15) is 16.9 Å². The van der Waals surface area contributed by atoms with Crippen LogP contribution >= 0.6 is 0 Å². The molecular weight excluding hydrogens is 342 g/mol. The molecule has 1 aliphatic rings. The van der Waals surface area contributed by atoms with Crippen molar-refractivity contribution < 1.29 is 9.59 Å². The molecule has 0 saturated carbocycles. The second kappa shape index (κ2) is 6.72. The summed E-state index contributed by atoms with van der Waals surface area (Å²) < 4.78 is 0. The summed E-state index contributed by atoms with van der Waals surface area (Å²) in [5, 5.41) is 1.23. The number of rotatable bonds is 3. The maximum Gasteiger partial charge on any atom is 0.270 e. The number of benzene rings is 2. The van der Waals surface area contributed by atoms with E-state index in [-0.39, 0.29) is 23.1 Å². The molecule has 1 aliphatic heterocycles. The van der Waals surface area contributed by atoms with E-state index in [0.717, 1.165) is 5.69 Å². The first kappa shape index (κ1) is 17.0. The Morgan fingerprint density at radius 1 is 1.07 bits per heavy atom. The summed E-state index contributed by atoms with van der Waals surface area (Å²) in [4.78, 5) is 43.7. The first-order valence-corrected chi connectivity index (χ1v) is 8.82. The van der Waals surface area contributed by atoms with Crippen molar-refractivity contribution in [3.8, 4) is 0 Å². The van der Waals surface area contributed by atoms with Gasteiger partial charge in [0.05, 0.1) is 0 Å². The van der Waals surface area contributed by atoms with Gasteiger partial charge in [-0.2, -0.15) is 0 Å². The predicted octanol–water partition coefficient (Wildman–Crippen LogP) is 2.41. The fourth-order valence-electron chi connectivity index (χ4n) is 3.55. The number of H-pyrrole nitrogens is 1. The molecule has 136 valence electrons. The molecule has 27 heavy (non-hydrogen) atoms. The summed E-state index contributed by atoms with van der Waals surface area (Å²) in [5.41, 5.74) is 0.700. The average Bonchev–Trinajstić information content (AvgIpc) is 3.09. The number of aromatic nitrogens is 1. The minimum absolute atomic E-state index is 0.111. The third-order valence-electron chi connectivity index (χ3n) is 5.02. The van der Waals surface area contributed by atoms with E-state index in [4.69, 9.17) is 0 Å². The Morgan fingerprint density at radius 3 is 2.56 bits per heavy atom. The van der Waals surface area contributed by atoms with Crippen molar-refractivity contribution in [1.82, 2.24) is 9.88 Å². The van der Waals surface area contributed by atoms with Crippen molar-refractivity contribution in [2.24, 2.45) is 0 Å². The molecule has 0 spiro atoms. The van der Waals surface area contributed by atoms with Crippen LogP contribution in [-0.2, 0) is 4.79 Å². The third-order valence-corrected chi connectivity index (χ3v) is 5.02. The maximum absolute atomic E-state index is 12.9. The van der Waals surface area contributed by atoms with Gasteiger partial charge in [-0.3, -0.25) is 14.4 Å². The summed E-state index contributed by atoms with van der Waals surface area (Å²) in [6.45, 7) is 0.555. The molecule has 1 N–H and O–H groups in total. The zero-order valence-corrected chi connectivity index (χ0v) is 14.9. The Bertz CT molecular complexity index is 1070. The van der Waals surface area contributed by atoms with Crippen LogP contribution < -0.4 is 10.5 Å². The number of carbonyl (C=O) groups excluding carboxylic acids is 2. The summed E-state index contributed by atoms with van der Waals surface area (Å²) in [6, 6.07) is 17.6. The minimum Gasteiger partial charge on any atom is -0.328 e. The van der Waals surface area contributed by atoms with Crippen molar-refractivity contribution in [1.29, 1.82) is 0 Å². The van der Waals surface area contributed by atoms with Crippen LogP contribution in [0, 0.1) is 0 Å². The van der Waals surface area contributed by atoms with Gasteiger partial charge in [-0.1, -0.05) is 36.4 Å². The summed E-state index contributed by atoms with van der Waals surface area (Å²) in [7, 11) is 1.60. The largest absolute Gasteiger partial charge is 0.328 e.